The quantitative estimate of drug-likeness (QED) is 0.881. The van der Waals surface area contributed by atoms with Crippen LogP contribution in [0.2, 0.25) is 0 Å². The highest BCUT2D eigenvalue weighted by Crippen LogP contribution is 2.39. The van der Waals surface area contributed by atoms with Crippen LogP contribution in [-0.2, 0) is 12.0 Å². The molecule has 0 amide bonds. The molecule has 1 aromatic rings. The maximum Gasteiger partial charge on any atom is 0.0328 e. The second-order valence-electron chi connectivity index (χ2n) is 7.73. The Morgan fingerprint density at radius 3 is 2.52 bits per heavy atom. The van der Waals surface area contributed by atoms with Crippen LogP contribution in [0.4, 0.5) is 0 Å². The molecule has 4 heteroatoms. The molecule has 1 aromatic heterocycles. The van der Waals surface area contributed by atoms with Gasteiger partial charge in [0.1, 0.15) is 0 Å². The number of rotatable bonds is 2. The third kappa shape index (κ3) is 4.01. The summed E-state index contributed by atoms with van der Waals surface area (Å²) in [5, 5.41) is 3.50. The summed E-state index contributed by atoms with van der Waals surface area (Å²) in [5.74, 6) is 0. The van der Waals surface area contributed by atoms with Gasteiger partial charge in [0, 0.05) is 22.8 Å². The molecule has 120 valence electrons. The van der Waals surface area contributed by atoms with Gasteiger partial charge in [0.15, 0.2) is 0 Å². The third-order valence-electron chi connectivity index (χ3n) is 4.96. The Labute approximate surface area is 139 Å². The van der Waals surface area contributed by atoms with Gasteiger partial charge in [0.05, 0.1) is 0 Å². The van der Waals surface area contributed by atoms with E-state index in [2.05, 4.69) is 43.1 Å². The molecule has 2 saturated heterocycles. The Balaban J connectivity index is 0.00000161. The Hall–Kier alpha value is -0.0900. The third-order valence-corrected chi connectivity index (χ3v) is 6.46. The van der Waals surface area contributed by atoms with E-state index >= 15 is 0 Å². The van der Waals surface area contributed by atoms with Crippen LogP contribution in [0.15, 0.2) is 12.1 Å². The van der Waals surface area contributed by atoms with E-state index in [1.165, 1.54) is 50.3 Å². The van der Waals surface area contributed by atoms with Crippen LogP contribution in [0.3, 0.4) is 0 Å². The lowest BCUT2D eigenvalue weighted by atomic mass is 9.78. The summed E-state index contributed by atoms with van der Waals surface area (Å²) in [6, 6.07) is 4.68. The molecule has 2 fully saturated rings. The van der Waals surface area contributed by atoms with E-state index in [0.29, 0.717) is 10.8 Å². The van der Waals surface area contributed by atoms with Crippen molar-refractivity contribution in [3.8, 4) is 0 Å². The first-order valence-corrected chi connectivity index (χ1v) is 8.81. The van der Waals surface area contributed by atoms with Crippen molar-refractivity contribution in [2.75, 3.05) is 26.2 Å². The lowest BCUT2D eigenvalue weighted by Crippen LogP contribution is -2.38. The number of likely N-dealkylation sites (tertiary alicyclic amines) is 1. The molecule has 3 heterocycles. The zero-order valence-corrected chi connectivity index (χ0v) is 15.2. The first kappa shape index (κ1) is 17.3. The Bertz CT molecular complexity index is 458. The van der Waals surface area contributed by atoms with Crippen molar-refractivity contribution in [1.82, 2.24) is 10.2 Å². The Kier molecular flexibility index (Phi) is 5.40. The summed E-state index contributed by atoms with van der Waals surface area (Å²) < 4.78 is 0. The van der Waals surface area contributed by atoms with Crippen LogP contribution in [0.25, 0.3) is 0 Å². The maximum atomic E-state index is 3.50. The second-order valence-corrected chi connectivity index (χ2v) is 8.89. The molecule has 0 saturated carbocycles. The maximum absolute atomic E-state index is 3.50. The highest BCUT2D eigenvalue weighted by molar-refractivity contribution is 7.12. The first-order chi connectivity index (χ1) is 9.47. The monoisotopic (exact) mass is 328 g/mol. The summed E-state index contributed by atoms with van der Waals surface area (Å²) in [4.78, 5) is 5.74. The molecule has 2 nitrogen and oxygen atoms in total. The smallest absolute Gasteiger partial charge is 0.0328 e. The highest BCUT2D eigenvalue weighted by atomic mass is 35.5. The molecule has 0 aliphatic carbocycles. The molecule has 21 heavy (non-hydrogen) atoms. The molecule has 2 aliphatic rings. The van der Waals surface area contributed by atoms with Crippen LogP contribution >= 0.6 is 23.7 Å². The summed E-state index contributed by atoms with van der Waals surface area (Å²) in [7, 11) is 0. The minimum atomic E-state index is 0. The molecule has 3 rings (SSSR count). The van der Waals surface area contributed by atoms with Gasteiger partial charge in [-0.1, -0.05) is 20.8 Å². The SMILES string of the molecule is CC(C)(C)c1ccc(CN2CCC3(CCNCC3)C2)s1.Cl. The van der Waals surface area contributed by atoms with Crippen molar-refractivity contribution in [3.05, 3.63) is 21.9 Å². The van der Waals surface area contributed by atoms with Crippen molar-refractivity contribution in [2.45, 2.75) is 52.0 Å². The standard InChI is InChI=1S/C17H28N2S.ClH/c1-16(2,3)15-5-4-14(20-15)12-19-11-8-17(13-19)6-9-18-10-7-17;/h4-5,18H,6-13H2,1-3H3;1H. The van der Waals surface area contributed by atoms with Gasteiger partial charge < -0.3 is 5.32 Å². The molecule has 1 spiro atoms. The minimum absolute atomic E-state index is 0. The van der Waals surface area contributed by atoms with Gasteiger partial charge in [-0.05, 0) is 61.9 Å². The molecular formula is C17H29ClN2S. The van der Waals surface area contributed by atoms with E-state index in [1.54, 1.807) is 4.88 Å². The number of halogens is 1. The number of piperidine rings is 1. The molecule has 0 atom stereocenters. The van der Waals surface area contributed by atoms with Crippen LogP contribution in [0.5, 0.6) is 0 Å². The van der Waals surface area contributed by atoms with Crippen LogP contribution < -0.4 is 5.32 Å². The predicted octanol–water partition coefficient (Wildman–Crippen LogP) is 4.04. The van der Waals surface area contributed by atoms with Crippen LogP contribution in [0, 0.1) is 5.41 Å². The van der Waals surface area contributed by atoms with E-state index in [1.807, 2.05) is 11.3 Å². The minimum Gasteiger partial charge on any atom is -0.317 e. The first-order valence-electron chi connectivity index (χ1n) is 7.99. The van der Waals surface area contributed by atoms with Crippen molar-refractivity contribution in [3.63, 3.8) is 0 Å². The Morgan fingerprint density at radius 1 is 1.19 bits per heavy atom. The van der Waals surface area contributed by atoms with Gasteiger partial charge in [-0.3, -0.25) is 4.90 Å². The zero-order valence-electron chi connectivity index (χ0n) is 13.6. The van der Waals surface area contributed by atoms with Gasteiger partial charge in [0.25, 0.3) is 0 Å². The van der Waals surface area contributed by atoms with Gasteiger partial charge in [-0.15, -0.1) is 23.7 Å². The van der Waals surface area contributed by atoms with Crippen molar-refractivity contribution >= 4 is 23.7 Å². The van der Waals surface area contributed by atoms with Crippen molar-refractivity contribution in [1.29, 1.82) is 0 Å². The summed E-state index contributed by atoms with van der Waals surface area (Å²) in [6.45, 7) is 13.1. The average Bonchev–Trinajstić information content (AvgIpc) is 2.99. The molecule has 1 N–H and O–H groups in total. The summed E-state index contributed by atoms with van der Waals surface area (Å²) in [6.07, 6.45) is 4.16. The Morgan fingerprint density at radius 2 is 1.90 bits per heavy atom. The normalized spacial score (nSPS) is 22.4. The molecule has 0 radical (unpaired) electrons. The molecule has 2 aliphatic heterocycles. The van der Waals surface area contributed by atoms with Gasteiger partial charge >= 0.3 is 0 Å². The van der Waals surface area contributed by atoms with Gasteiger partial charge in [-0.25, -0.2) is 0 Å². The lowest BCUT2D eigenvalue weighted by molar-refractivity contribution is 0.194. The number of hydrogen-bond acceptors (Lipinski definition) is 3. The van der Waals surface area contributed by atoms with E-state index in [9.17, 15) is 0 Å². The molecule has 0 unspecified atom stereocenters. The summed E-state index contributed by atoms with van der Waals surface area (Å²) in [5.41, 5.74) is 0.930. The predicted molar refractivity (Wildman–Crippen MR) is 94.7 cm³/mol. The second kappa shape index (κ2) is 6.57. The molecule has 0 aromatic carbocycles. The fourth-order valence-electron chi connectivity index (χ4n) is 3.61. The van der Waals surface area contributed by atoms with E-state index in [-0.39, 0.29) is 12.4 Å². The fourth-order valence-corrected chi connectivity index (χ4v) is 4.72. The van der Waals surface area contributed by atoms with Crippen molar-refractivity contribution in [2.24, 2.45) is 5.41 Å². The van der Waals surface area contributed by atoms with E-state index in [4.69, 9.17) is 0 Å². The topological polar surface area (TPSA) is 15.3 Å². The van der Waals surface area contributed by atoms with Gasteiger partial charge in [-0.2, -0.15) is 0 Å². The molecule has 0 bridgehead atoms. The van der Waals surface area contributed by atoms with Gasteiger partial charge in [0.2, 0.25) is 0 Å². The number of nitrogens with zero attached hydrogens (tertiary/aromatic N) is 1. The van der Waals surface area contributed by atoms with Crippen LogP contribution in [0.1, 0.15) is 49.8 Å². The number of thiophene rings is 1. The molecular weight excluding hydrogens is 300 g/mol. The number of hydrogen-bond donors (Lipinski definition) is 1. The van der Waals surface area contributed by atoms with Crippen LogP contribution in [-0.4, -0.2) is 31.1 Å². The fraction of sp³-hybridized carbons (Fsp3) is 0.765. The highest BCUT2D eigenvalue weighted by Gasteiger charge is 2.38. The van der Waals surface area contributed by atoms with Crippen molar-refractivity contribution < 1.29 is 0 Å². The zero-order chi connectivity index (χ0) is 14.2. The van der Waals surface area contributed by atoms with E-state index < -0.39 is 0 Å². The number of nitrogens with one attached hydrogen (secondary N) is 1. The lowest BCUT2D eigenvalue weighted by Gasteiger charge is -2.33. The largest absolute Gasteiger partial charge is 0.317 e. The summed E-state index contributed by atoms with van der Waals surface area (Å²) >= 11 is 2.01. The van der Waals surface area contributed by atoms with E-state index in [0.717, 1.165) is 6.54 Å². The average molecular weight is 329 g/mol.